The molecule has 0 fully saturated rings. The Bertz CT molecular complexity index is 302. The highest BCUT2D eigenvalue weighted by Gasteiger charge is 1.97. The van der Waals surface area contributed by atoms with Gasteiger partial charge in [0.25, 0.3) is 0 Å². The van der Waals surface area contributed by atoms with Crippen molar-refractivity contribution in [2.75, 3.05) is 13.6 Å². The number of benzene rings is 1. The molecule has 0 spiro atoms. The molecule has 0 aliphatic rings. The van der Waals surface area contributed by atoms with E-state index in [1.54, 1.807) is 0 Å². The van der Waals surface area contributed by atoms with E-state index in [4.69, 9.17) is 0 Å². The van der Waals surface area contributed by atoms with E-state index in [1.165, 1.54) is 12.0 Å². The van der Waals surface area contributed by atoms with Crippen LogP contribution in [0.3, 0.4) is 0 Å². The third kappa shape index (κ3) is 5.13. The van der Waals surface area contributed by atoms with E-state index in [0.29, 0.717) is 5.92 Å². The van der Waals surface area contributed by atoms with Gasteiger partial charge in [-0.2, -0.15) is 0 Å². The summed E-state index contributed by atoms with van der Waals surface area (Å²) in [5.74, 6) is 0.699. The second-order valence-corrected chi connectivity index (χ2v) is 4.50. The summed E-state index contributed by atoms with van der Waals surface area (Å²) >= 11 is 0. The molecule has 0 heterocycles. The molecule has 16 heavy (non-hydrogen) atoms. The molecule has 0 radical (unpaired) electrons. The summed E-state index contributed by atoms with van der Waals surface area (Å²) in [4.78, 5) is 2.33. The lowest BCUT2D eigenvalue weighted by atomic mass is 10.1. The molecule has 0 bridgehead atoms. The first-order chi connectivity index (χ1) is 7.72. The summed E-state index contributed by atoms with van der Waals surface area (Å²) in [7, 11) is 2.16. The summed E-state index contributed by atoms with van der Waals surface area (Å²) < 4.78 is 0. The van der Waals surface area contributed by atoms with Crippen LogP contribution in [0.25, 0.3) is 0 Å². The Morgan fingerprint density at radius 1 is 1.25 bits per heavy atom. The van der Waals surface area contributed by atoms with Gasteiger partial charge >= 0.3 is 0 Å². The molecule has 1 atom stereocenters. The number of nitrogens with zero attached hydrogens (tertiary/aromatic N) is 1. The Hall–Kier alpha value is -1.08. The maximum Gasteiger partial charge on any atom is 0.0233 e. The fraction of sp³-hybridized carbons (Fsp3) is 0.467. The minimum absolute atomic E-state index is 0.699. The summed E-state index contributed by atoms with van der Waals surface area (Å²) in [5.41, 5.74) is 1.38. The van der Waals surface area contributed by atoms with Gasteiger partial charge in [0.1, 0.15) is 0 Å². The lowest BCUT2D eigenvalue weighted by molar-refractivity contribution is 0.362. The fourth-order valence-corrected chi connectivity index (χ4v) is 1.57. The third-order valence-corrected chi connectivity index (χ3v) is 2.82. The van der Waals surface area contributed by atoms with Gasteiger partial charge in [0, 0.05) is 13.1 Å². The summed E-state index contributed by atoms with van der Waals surface area (Å²) in [6.45, 7) is 6.53. The Labute approximate surface area is 99.8 Å². The molecule has 1 aromatic rings. The van der Waals surface area contributed by atoms with E-state index in [1.807, 2.05) is 0 Å². The van der Waals surface area contributed by atoms with Crippen molar-refractivity contribution < 1.29 is 0 Å². The van der Waals surface area contributed by atoms with Crippen LogP contribution in [0.2, 0.25) is 0 Å². The average Bonchev–Trinajstić information content (AvgIpc) is 2.30. The van der Waals surface area contributed by atoms with Crippen molar-refractivity contribution in [3.63, 3.8) is 0 Å². The Balaban J connectivity index is 2.31. The SMILES string of the molecule is CCC(C)/C=C\CN(C)Cc1ccccc1. The van der Waals surface area contributed by atoms with Crippen LogP contribution in [-0.4, -0.2) is 18.5 Å². The fourth-order valence-electron chi connectivity index (χ4n) is 1.57. The van der Waals surface area contributed by atoms with Gasteiger partial charge in [0.15, 0.2) is 0 Å². The van der Waals surface area contributed by atoms with Gasteiger partial charge in [-0.15, -0.1) is 0 Å². The van der Waals surface area contributed by atoms with Gasteiger partial charge in [0.05, 0.1) is 0 Å². The van der Waals surface area contributed by atoms with Crippen molar-refractivity contribution in [2.24, 2.45) is 5.92 Å². The van der Waals surface area contributed by atoms with Gasteiger partial charge < -0.3 is 0 Å². The summed E-state index contributed by atoms with van der Waals surface area (Å²) in [6.07, 6.45) is 5.80. The topological polar surface area (TPSA) is 3.24 Å². The van der Waals surface area contributed by atoms with E-state index in [-0.39, 0.29) is 0 Å². The van der Waals surface area contributed by atoms with Crippen LogP contribution in [0.5, 0.6) is 0 Å². The molecule has 0 N–H and O–H groups in total. The van der Waals surface area contributed by atoms with Gasteiger partial charge in [-0.3, -0.25) is 4.90 Å². The predicted molar refractivity (Wildman–Crippen MR) is 71.4 cm³/mol. The monoisotopic (exact) mass is 217 g/mol. The van der Waals surface area contributed by atoms with Gasteiger partial charge in [-0.25, -0.2) is 0 Å². The highest BCUT2D eigenvalue weighted by molar-refractivity contribution is 5.14. The molecule has 1 heteroatoms. The molecule has 0 saturated heterocycles. The molecule has 0 amide bonds. The van der Waals surface area contributed by atoms with E-state index >= 15 is 0 Å². The number of rotatable bonds is 6. The molecule has 0 aliphatic carbocycles. The molecule has 0 aliphatic heterocycles. The highest BCUT2D eigenvalue weighted by atomic mass is 15.1. The molecule has 88 valence electrons. The smallest absolute Gasteiger partial charge is 0.0233 e. The van der Waals surface area contributed by atoms with Crippen molar-refractivity contribution in [1.29, 1.82) is 0 Å². The van der Waals surface area contributed by atoms with E-state index in [0.717, 1.165) is 13.1 Å². The van der Waals surface area contributed by atoms with Crippen LogP contribution >= 0.6 is 0 Å². The molecule has 1 unspecified atom stereocenters. The minimum atomic E-state index is 0.699. The van der Waals surface area contributed by atoms with Crippen molar-refractivity contribution in [1.82, 2.24) is 4.90 Å². The van der Waals surface area contributed by atoms with Crippen molar-refractivity contribution in [3.8, 4) is 0 Å². The number of likely N-dealkylation sites (N-methyl/N-ethyl adjacent to an activating group) is 1. The van der Waals surface area contributed by atoms with Crippen LogP contribution in [0.1, 0.15) is 25.8 Å². The Morgan fingerprint density at radius 2 is 1.94 bits per heavy atom. The van der Waals surface area contributed by atoms with Crippen LogP contribution in [-0.2, 0) is 6.54 Å². The number of allylic oxidation sites excluding steroid dienone is 1. The van der Waals surface area contributed by atoms with Gasteiger partial charge in [-0.05, 0) is 18.5 Å². The molecule has 0 aromatic heterocycles. The first kappa shape index (κ1) is 13.0. The quantitative estimate of drug-likeness (QED) is 0.656. The van der Waals surface area contributed by atoms with Crippen molar-refractivity contribution in [3.05, 3.63) is 48.0 Å². The highest BCUT2D eigenvalue weighted by Crippen LogP contribution is 2.04. The molecule has 0 saturated carbocycles. The predicted octanol–water partition coefficient (Wildman–Crippen LogP) is 3.72. The van der Waals surface area contributed by atoms with Crippen molar-refractivity contribution in [2.45, 2.75) is 26.8 Å². The number of hydrogen-bond acceptors (Lipinski definition) is 1. The van der Waals surface area contributed by atoms with Gasteiger partial charge in [-0.1, -0.05) is 62.8 Å². The lowest BCUT2D eigenvalue weighted by Gasteiger charge is -2.14. The second kappa shape index (κ2) is 7.24. The minimum Gasteiger partial charge on any atom is -0.298 e. The van der Waals surface area contributed by atoms with E-state index < -0.39 is 0 Å². The number of hydrogen-bond donors (Lipinski definition) is 0. The summed E-state index contributed by atoms with van der Waals surface area (Å²) in [6, 6.07) is 10.6. The zero-order chi connectivity index (χ0) is 11.8. The Kier molecular flexibility index (Phi) is 5.87. The van der Waals surface area contributed by atoms with Crippen LogP contribution < -0.4 is 0 Å². The zero-order valence-electron chi connectivity index (χ0n) is 10.7. The van der Waals surface area contributed by atoms with E-state index in [2.05, 4.69) is 68.3 Å². The van der Waals surface area contributed by atoms with Crippen LogP contribution in [0.15, 0.2) is 42.5 Å². The summed E-state index contributed by atoms with van der Waals surface area (Å²) in [5, 5.41) is 0. The Morgan fingerprint density at radius 3 is 2.56 bits per heavy atom. The standard InChI is InChI=1S/C15H23N/c1-4-14(2)9-8-12-16(3)13-15-10-6-5-7-11-15/h5-11,14H,4,12-13H2,1-3H3/b9-8-. The normalized spacial score (nSPS) is 13.5. The molecular weight excluding hydrogens is 194 g/mol. The van der Waals surface area contributed by atoms with Crippen molar-refractivity contribution >= 4 is 0 Å². The molecule has 1 aromatic carbocycles. The second-order valence-electron chi connectivity index (χ2n) is 4.50. The zero-order valence-corrected chi connectivity index (χ0v) is 10.7. The third-order valence-electron chi connectivity index (χ3n) is 2.82. The van der Waals surface area contributed by atoms with E-state index in [9.17, 15) is 0 Å². The molecule has 1 rings (SSSR count). The molecule has 1 nitrogen and oxygen atoms in total. The molecular formula is C15H23N. The largest absolute Gasteiger partial charge is 0.298 e. The average molecular weight is 217 g/mol. The maximum atomic E-state index is 2.33. The lowest BCUT2D eigenvalue weighted by Crippen LogP contribution is -2.17. The first-order valence-electron chi connectivity index (χ1n) is 6.11. The van der Waals surface area contributed by atoms with Crippen LogP contribution in [0.4, 0.5) is 0 Å². The first-order valence-corrected chi connectivity index (χ1v) is 6.11. The maximum absolute atomic E-state index is 2.33. The van der Waals surface area contributed by atoms with Crippen LogP contribution in [0, 0.1) is 5.92 Å². The van der Waals surface area contributed by atoms with Gasteiger partial charge in [0.2, 0.25) is 0 Å².